The van der Waals surface area contributed by atoms with E-state index in [1.54, 1.807) is 12.1 Å². The van der Waals surface area contributed by atoms with Crippen molar-refractivity contribution in [1.82, 2.24) is 10.2 Å². The number of thioether (sulfide) groups is 1. The molecule has 3 nitrogen and oxygen atoms in total. The molecule has 1 heterocycles. The molecular formula is C15H10ClIN2OS. The van der Waals surface area contributed by atoms with Gasteiger partial charge >= 0.3 is 0 Å². The van der Waals surface area contributed by atoms with Crippen LogP contribution < -0.4 is 0 Å². The summed E-state index contributed by atoms with van der Waals surface area (Å²) in [6.07, 6.45) is 0. The van der Waals surface area contributed by atoms with Gasteiger partial charge in [0.15, 0.2) is 0 Å². The molecule has 0 fully saturated rings. The highest BCUT2D eigenvalue weighted by Gasteiger charge is 2.09. The van der Waals surface area contributed by atoms with Crippen LogP contribution in [0.4, 0.5) is 0 Å². The van der Waals surface area contributed by atoms with Crippen molar-refractivity contribution in [3.63, 3.8) is 0 Å². The Morgan fingerprint density at radius 1 is 1.00 bits per heavy atom. The van der Waals surface area contributed by atoms with Gasteiger partial charge < -0.3 is 4.42 Å². The van der Waals surface area contributed by atoms with Gasteiger partial charge in [0, 0.05) is 19.9 Å². The van der Waals surface area contributed by atoms with Crippen LogP contribution in [0.15, 0.2) is 58.2 Å². The number of hydrogen-bond acceptors (Lipinski definition) is 4. The molecule has 106 valence electrons. The van der Waals surface area contributed by atoms with E-state index in [2.05, 4.69) is 57.1 Å². The van der Waals surface area contributed by atoms with Crippen LogP contribution in [-0.4, -0.2) is 10.2 Å². The third-order valence-electron chi connectivity index (χ3n) is 2.77. The lowest BCUT2D eigenvalue weighted by Crippen LogP contribution is -1.81. The van der Waals surface area contributed by atoms with Gasteiger partial charge in [-0.15, -0.1) is 10.2 Å². The minimum absolute atomic E-state index is 0.511. The Morgan fingerprint density at radius 2 is 1.71 bits per heavy atom. The molecule has 0 bridgehead atoms. The summed E-state index contributed by atoms with van der Waals surface area (Å²) in [6, 6.07) is 15.7. The molecule has 0 spiro atoms. The van der Waals surface area contributed by atoms with Gasteiger partial charge in [-0.25, -0.2) is 0 Å². The Kier molecular flexibility index (Phi) is 4.82. The summed E-state index contributed by atoms with van der Waals surface area (Å²) in [6.45, 7) is 0. The Hall–Kier alpha value is -1.05. The zero-order chi connectivity index (χ0) is 14.7. The number of rotatable bonds is 4. The summed E-state index contributed by atoms with van der Waals surface area (Å²) in [5.74, 6) is 1.32. The normalized spacial score (nSPS) is 10.8. The highest BCUT2D eigenvalue weighted by atomic mass is 127. The predicted molar refractivity (Wildman–Crippen MR) is 93.5 cm³/mol. The molecule has 2 aromatic carbocycles. The fourth-order valence-corrected chi connectivity index (χ4v) is 2.91. The van der Waals surface area contributed by atoms with Crippen molar-refractivity contribution in [2.45, 2.75) is 11.0 Å². The van der Waals surface area contributed by atoms with Gasteiger partial charge in [0.2, 0.25) is 5.89 Å². The fraction of sp³-hybridized carbons (Fsp3) is 0.0667. The van der Waals surface area contributed by atoms with Gasteiger partial charge in [0.25, 0.3) is 5.22 Å². The van der Waals surface area contributed by atoms with Gasteiger partial charge in [0.05, 0.1) is 0 Å². The maximum absolute atomic E-state index is 5.86. The van der Waals surface area contributed by atoms with E-state index in [1.807, 2.05) is 12.1 Å². The smallest absolute Gasteiger partial charge is 0.277 e. The van der Waals surface area contributed by atoms with E-state index in [0.717, 1.165) is 11.3 Å². The van der Waals surface area contributed by atoms with Crippen molar-refractivity contribution >= 4 is 46.0 Å². The van der Waals surface area contributed by atoms with E-state index in [9.17, 15) is 0 Å². The molecule has 3 aromatic rings. The van der Waals surface area contributed by atoms with Crippen LogP contribution in [-0.2, 0) is 5.75 Å². The molecule has 0 aliphatic carbocycles. The minimum atomic E-state index is 0.511. The Labute approximate surface area is 145 Å². The SMILES string of the molecule is Clc1ccc(-c2nnc(SCc3ccc(I)cc3)o2)cc1. The van der Waals surface area contributed by atoms with Crippen molar-refractivity contribution in [3.8, 4) is 11.5 Å². The minimum Gasteiger partial charge on any atom is -0.411 e. The second kappa shape index (κ2) is 6.81. The molecule has 0 unspecified atom stereocenters. The van der Waals surface area contributed by atoms with Crippen LogP contribution >= 0.6 is 46.0 Å². The third kappa shape index (κ3) is 3.99. The number of aromatic nitrogens is 2. The number of halogens is 2. The van der Waals surface area contributed by atoms with E-state index >= 15 is 0 Å². The van der Waals surface area contributed by atoms with E-state index in [4.69, 9.17) is 16.0 Å². The Morgan fingerprint density at radius 3 is 2.43 bits per heavy atom. The first-order valence-electron chi connectivity index (χ1n) is 6.17. The second-order valence-electron chi connectivity index (χ2n) is 4.30. The molecule has 0 aliphatic heterocycles. The first kappa shape index (κ1) is 14.9. The molecule has 0 saturated carbocycles. The first-order valence-corrected chi connectivity index (χ1v) is 8.61. The van der Waals surface area contributed by atoms with E-state index < -0.39 is 0 Å². The largest absolute Gasteiger partial charge is 0.411 e. The van der Waals surface area contributed by atoms with Crippen LogP contribution in [0.5, 0.6) is 0 Å². The standard InChI is InChI=1S/C15H10ClIN2OS/c16-12-5-3-11(4-6-12)14-18-19-15(20-14)21-9-10-1-7-13(17)8-2-10/h1-8H,9H2. The van der Waals surface area contributed by atoms with Crippen molar-refractivity contribution < 1.29 is 4.42 Å². The first-order chi connectivity index (χ1) is 10.2. The van der Waals surface area contributed by atoms with Gasteiger partial charge in [0.1, 0.15) is 0 Å². The Bertz CT molecular complexity index is 728. The van der Waals surface area contributed by atoms with Crippen LogP contribution in [0.3, 0.4) is 0 Å². The maximum Gasteiger partial charge on any atom is 0.277 e. The number of nitrogens with zero attached hydrogens (tertiary/aromatic N) is 2. The lowest BCUT2D eigenvalue weighted by atomic mass is 10.2. The number of hydrogen-bond donors (Lipinski definition) is 0. The molecule has 21 heavy (non-hydrogen) atoms. The summed E-state index contributed by atoms with van der Waals surface area (Å²) in [4.78, 5) is 0. The highest BCUT2D eigenvalue weighted by Crippen LogP contribution is 2.26. The zero-order valence-electron chi connectivity index (χ0n) is 10.8. The molecule has 0 atom stereocenters. The lowest BCUT2D eigenvalue weighted by Gasteiger charge is -1.98. The third-order valence-corrected chi connectivity index (χ3v) is 4.63. The maximum atomic E-state index is 5.86. The summed E-state index contributed by atoms with van der Waals surface area (Å²) in [5, 5.41) is 9.37. The van der Waals surface area contributed by atoms with Crippen molar-refractivity contribution in [2.24, 2.45) is 0 Å². The molecule has 0 saturated heterocycles. The summed E-state index contributed by atoms with van der Waals surface area (Å²) >= 11 is 9.68. The fourth-order valence-electron chi connectivity index (χ4n) is 1.70. The monoisotopic (exact) mass is 428 g/mol. The van der Waals surface area contributed by atoms with Gasteiger partial charge in [-0.2, -0.15) is 0 Å². The van der Waals surface area contributed by atoms with Crippen LogP contribution in [0, 0.1) is 3.57 Å². The zero-order valence-corrected chi connectivity index (χ0v) is 14.5. The quantitative estimate of drug-likeness (QED) is 0.418. The molecule has 1 aromatic heterocycles. The highest BCUT2D eigenvalue weighted by molar-refractivity contribution is 14.1. The van der Waals surface area contributed by atoms with Gasteiger partial charge in [-0.1, -0.05) is 35.5 Å². The molecule has 6 heteroatoms. The summed E-state index contributed by atoms with van der Waals surface area (Å²) < 4.78 is 6.88. The van der Waals surface area contributed by atoms with Gasteiger partial charge in [-0.3, -0.25) is 0 Å². The second-order valence-corrected chi connectivity index (χ2v) is 6.90. The Balaban J connectivity index is 1.67. The molecule has 0 radical (unpaired) electrons. The average molecular weight is 429 g/mol. The van der Waals surface area contributed by atoms with Crippen molar-refractivity contribution in [1.29, 1.82) is 0 Å². The van der Waals surface area contributed by atoms with Crippen molar-refractivity contribution in [2.75, 3.05) is 0 Å². The topological polar surface area (TPSA) is 38.9 Å². The van der Waals surface area contributed by atoms with Crippen molar-refractivity contribution in [3.05, 3.63) is 62.7 Å². The van der Waals surface area contributed by atoms with Crippen LogP contribution in [0.2, 0.25) is 5.02 Å². The van der Waals surface area contributed by atoms with E-state index in [1.165, 1.54) is 20.9 Å². The molecule has 3 rings (SSSR count). The summed E-state index contributed by atoms with van der Waals surface area (Å²) in [7, 11) is 0. The van der Waals surface area contributed by atoms with E-state index in [0.29, 0.717) is 16.1 Å². The number of benzene rings is 2. The predicted octanol–water partition coefficient (Wildman–Crippen LogP) is 5.29. The van der Waals surface area contributed by atoms with Crippen LogP contribution in [0.25, 0.3) is 11.5 Å². The van der Waals surface area contributed by atoms with Gasteiger partial charge in [-0.05, 0) is 64.6 Å². The molecular weight excluding hydrogens is 419 g/mol. The summed E-state index contributed by atoms with van der Waals surface area (Å²) in [5.41, 5.74) is 2.10. The van der Waals surface area contributed by atoms with Crippen LogP contribution in [0.1, 0.15) is 5.56 Å². The average Bonchev–Trinajstić information content (AvgIpc) is 2.96. The molecule has 0 N–H and O–H groups in total. The van der Waals surface area contributed by atoms with E-state index in [-0.39, 0.29) is 0 Å². The molecule has 0 aliphatic rings. The lowest BCUT2D eigenvalue weighted by molar-refractivity contribution is 0.466. The molecule has 0 amide bonds.